The van der Waals surface area contributed by atoms with Crippen molar-refractivity contribution in [3.63, 3.8) is 0 Å². The Morgan fingerprint density at radius 2 is 2.04 bits per heavy atom. The number of hydrogen-bond donors (Lipinski definition) is 2. The van der Waals surface area contributed by atoms with Crippen LogP contribution in [0.4, 0.5) is 0 Å². The van der Waals surface area contributed by atoms with E-state index >= 15 is 0 Å². The molecule has 0 saturated carbocycles. The number of aryl methyl sites for hydroxylation is 1. The summed E-state index contributed by atoms with van der Waals surface area (Å²) in [6, 6.07) is 2.84. The van der Waals surface area contributed by atoms with E-state index in [4.69, 9.17) is 9.15 Å². The molecule has 6 nitrogen and oxygen atoms in total. The molecule has 0 bridgehead atoms. The molecule has 1 heterocycles. The van der Waals surface area contributed by atoms with Crippen molar-refractivity contribution in [1.29, 1.82) is 0 Å². The van der Waals surface area contributed by atoms with Crippen molar-refractivity contribution in [3.8, 4) is 5.75 Å². The van der Waals surface area contributed by atoms with Gasteiger partial charge in [0.15, 0.2) is 0 Å². The first-order valence-electron chi connectivity index (χ1n) is 9.09. The lowest BCUT2D eigenvalue weighted by atomic mass is 10.0. The topological polar surface area (TPSA) is 88.8 Å². The fourth-order valence-corrected chi connectivity index (χ4v) is 2.95. The van der Waals surface area contributed by atoms with E-state index in [1.165, 1.54) is 6.08 Å². The molecule has 2 aromatic rings. The number of carbonyl (C=O) groups excluding carboxylic acids is 1. The molecule has 27 heavy (non-hydrogen) atoms. The molecule has 1 aromatic heterocycles. The van der Waals surface area contributed by atoms with E-state index in [1.807, 2.05) is 39.8 Å². The number of carbonyl (C=O) groups is 2. The predicted molar refractivity (Wildman–Crippen MR) is 105 cm³/mol. The first kappa shape index (κ1) is 20.6. The Morgan fingerprint density at radius 1 is 1.33 bits per heavy atom. The fourth-order valence-electron chi connectivity index (χ4n) is 2.95. The largest absolute Gasteiger partial charge is 0.493 e. The standard InChI is InChI=1S/C21H27NO5/c1-6-26-18-10-19-16(14(5)11-27-19)9-15(18)13(4)8-20(23)22-17(21(24)25)7-12(2)3/h8-12,17H,6-7H2,1-5H3,(H,22,23)(H,24,25)/b13-8+. The Hall–Kier alpha value is -2.76. The van der Waals surface area contributed by atoms with Crippen molar-refractivity contribution in [1.82, 2.24) is 5.32 Å². The van der Waals surface area contributed by atoms with Gasteiger partial charge in [-0.1, -0.05) is 13.8 Å². The Morgan fingerprint density at radius 3 is 2.63 bits per heavy atom. The molecule has 0 aliphatic carbocycles. The molecule has 146 valence electrons. The average Bonchev–Trinajstić information content (AvgIpc) is 2.93. The van der Waals surface area contributed by atoms with Gasteiger partial charge in [0.1, 0.15) is 17.4 Å². The minimum atomic E-state index is -1.03. The number of hydrogen-bond acceptors (Lipinski definition) is 4. The minimum Gasteiger partial charge on any atom is -0.493 e. The van der Waals surface area contributed by atoms with Crippen LogP contribution in [0.2, 0.25) is 0 Å². The van der Waals surface area contributed by atoms with Crippen LogP contribution in [-0.2, 0) is 9.59 Å². The second-order valence-electron chi connectivity index (χ2n) is 7.05. The van der Waals surface area contributed by atoms with Gasteiger partial charge in [-0.2, -0.15) is 0 Å². The molecule has 2 rings (SSSR count). The number of allylic oxidation sites excluding steroid dienone is 1. The van der Waals surface area contributed by atoms with E-state index in [0.29, 0.717) is 24.4 Å². The van der Waals surface area contributed by atoms with Crippen molar-refractivity contribution < 1.29 is 23.8 Å². The van der Waals surface area contributed by atoms with Crippen LogP contribution < -0.4 is 10.1 Å². The van der Waals surface area contributed by atoms with Crippen LogP contribution in [0.15, 0.2) is 28.9 Å². The van der Waals surface area contributed by atoms with Crippen molar-refractivity contribution in [2.45, 2.75) is 47.1 Å². The lowest BCUT2D eigenvalue weighted by molar-refractivity contribution is -0.141. The van der Waals surface area contributed by atoms with Crippen LogP contribution in [0.1, 0.15) is 45.2 Å². The summed E-state index contributed by atoms with van der Waals surface area (Å²) in [7, 11) is 0. The molecule has 0 aliphatic heterocycles. The van der Waals surface area contributed by atoms with Gasteiger partial charge in [0, 0.05) is 23.1 Å². The highest BCUT2D eigenvalue weighted by molar-refractivity contribution is 5.98. The van der Waals surface area contributed by atoms with E-state index in [1.54, 1.807) is 13.2 Å². The van der Waals surface area contributed by atoms with Crippen LogP contribution in [0.3, 0.4) is 0 Å². The Balaban J connectivity index is 2.32. The maximum atomic E-state index is 12.4. The van der Waals surface area contributed by atoms with Crippen molar-refractivity contribution in [2.75, 3.05) is 6.61 Å². The van der Waals surface area contributed by atoms with Gasteiger partial charge in [0.25, 0.3) is 0 Å². The highest BCUT2D eigenvalue weighted by Gasteiger charge is 2.20. The minimum absolute atomic E-state index is 0.160. The second kappa shape index (κ2) is 8.75. The molecule has 1 unspecified atom stereocenters. The summed E-state index contributed by atoms with van der Waals surface area (Å²) in [5.74, 6) is -0.689. The van der Waals surface area contributed by atoms with Gasteiger partial charge < -0.3 is 19.6 Å². The van der Waals surface area contributed by atoms with Crippen LogP contribution in [0.25, 0.3) is 16.5 Å². The fraction of sp³-hybridized carbons (Fsp3) is 0.429. The third-order valence-corrected chi connectivity index (χ3v) is 4.26. The number of aliphatic carboxylic acids is 1. The highest BCUT2D eigenvalue weighted by atomic mass is 16.5. The maximum absolute atomic E-state index is 12.4. The number of carboxylic acid groups (broad SMARTS) is 1. The first-order valence-corrected chi connectivity index (χ1v) is 9.09. The van der Waals surface area contributed by atoms with E-state index < -0.39 is 17.9 Å². The van der Waals surface area contributed by atoms with Gasteiger partial charge in [0.05, 0.1) is 12.9 Å². The van der Waals surface area contributed by atoms with E-state index in [-0.39, 0.29) is 5.92 Å². The number of rotatable bonds is 8. The number of benzene rings is 1. The van der Waals surface area contributed by atoms with Crippen LogP contribution in [0, 0.1) is 12.8 Å². The third-order valence-electron chi connectivity index (χ3n) is 4.26. The molecule has 6 heteroatoms. The summed E-state index contributed by atoms with van der Waals surface area (Å²) in [5.41, 5.74) is 3.18. The third kappa shape index (κ3) is 5.12. The zero-order valence-corrected chi connectivity index (χ0v) is 16.5. The van der Waals surface area contributed by atoms with E-state index in [0.717, 1.165) is 22.1 Å². The van der Waals surface area contributed by atoms with Crippen LogP contribution in [-0.4, -0.2) is 29.6 Å². The van der Waals surface area contributed by atoms with Gasteiger partial charge in [-0.05, 0) is 50.3 Å². The molecule has 1 amide bonds. The summed E-state index contributed by atoms with van der Waals surface area (Å²) < 4.78 is 11.2. The molecule has 0 saturated heterocycles. The lowest BCUT2D eigenvalue weighted by Gasteiger charge is -2.16. The summed E-state index contributed by atoms with van der Waals surface area (Å²) >= 11 is 0. The average molecular weight is 373 g/mol. The number of fused-ring (bicyclic) bond motifs is 1. The zero-order chi connectivity index (χ0) is 20.1. The predicted octanol–water partition coefficient (Wildman–Crippen LogP) is 4.16. The zero-order valence-electron chi connectivity index (χ0n) is 16.5. The van der Waals surface area contributed by atoms with Crippen LogP contribution >= 0.6 is 0 Å². The number of amides is 1. The molecule has 0 spiro atoms. The molecule has 0 fully saturated rings. The quantitative estimate of drug-likeness (QED) is 0.678. The Labute approximate surface area is 159 Å². The van der Waals surface area contributed by atoms with Gasteiger partial charge in [-0.3, -0.25) is 4.79 Å². The Kier molecular flexibility index (Phi) is 6.66. The summed E-state index contributed by atoms with van der Waals surface area (Å²) in [6.07, 6.45) is 3.47. The molecule has 0 radical (unpaired) electrons. The van der Waals surface area contributed by atoms with Gasteiger partial charge in [-0.25, -0.2) is 4.79 Å². The summed E-state index contributed by atoms with van der Waals surface area (Å²) in [5, 5.41) is 12.8. The van der Waals surface area contributed by atoms with Crippen molar-refractivity contribution in [3.05, 3.63) is 35.6 Å². The lowest BCUT2D eigenvalue weighted by Crippen LogP contribution is -2.40. The highest BCUT2D eigenvalue weighted by Crippen LogP contribution is 2.33. The normalized spacial score (nSPS) is 13.0. The maximum Gasteiger partial charge on any atom is 0.326 e. The SMILES string of the molecule is CCOc1cc2occ(C)c2cc1/C(C)=C/C(=O)NC(CC(C)C)C(=O)O. The van der Waals surface area contributed by atoms with Crippen molar-refractivity contribution in [2.24, 2.45) is 5.92 Å². The molecule has 0 aliphatic rings. The monoisotopic (exact) mass is 373 g/mol. The van der Waals surface area contributed by atoms with Gasteiger partial charge in [-0.15, -0.1) is 0 Å². The van der Waals surface area contributed by atoms with E-state index in [2.05, 4.69) is 5.32 Å². The molecule has 1 aromatic carbocycles. The molecular weight excluding hydrogens is 346 g/mol. The van der Waals surface area contributed by atoms with Gasteiger partial charge >= 0.3 is 5.97 Å². The van der Waals surface area contributed by atoms with Crippen molar-refractivity contribution >= 4 is 28.4 Å². The Bertz CT molecular complexity index is 863. The smallest absolute Gasteiger partial charge is 0.326 e. The first-order chi connectivity index (χ1) is 12.7. The summed E-state index contributed by atoms with van der Waals surface area (Å²) in [6.45, 7) is 9.95. The van der Waals surface area contributed by atoms with E-state index in [9.17, 15) is 14.7 Å². The number of furan rings is 1. The number of carboxylic acids is 1. The summed E-state index contributed by atoms with van der Waals surface area (Å²) in [4.78, 5) is 23.7. The number of nitrogens with one attached hydrogen (secondary N) is 1. The molecule has 1 atom stereocenters. The van der Waals surface area contributed by atoms with Crippen LogP contribution in [0.5, 0.6) is 5.75 Å². The van der Waals surface area contributed by atoms with Gasteiger partial charge in [0.2, 0.25) is 5.91 Å². The second-order valence-corrected chi connectivity index (χ2v) is 7.05. The molecule has 2 N–H and O–H groups in total. The molecular formula is C21H27NO5. The number of ether oxygens (including phenoxy) is 1.